The minimum atomic E-state index is -0.337. The van der Waals surface area contributed by atoms with E-state index in [4.69, 9.17) is 40.2 Å². The van der Waals surface area contributed by atoms with Crippen molar-refractivity contribution in [3.63, 3.8) is 0 Å². The number of anilines is 2. The van der Waals surface area contributed by atoms with Gasteiger partial charge in [-0.1, -0.05) is 29.3 Å². The van der Waals surface area contributed by atoms with Gasteiger partial charge in [-0.25, -0.2) is 4.79 Å². The van der Waals surface area contributed by atoms with E-state index in [1.807, 2.05) is 30.7 Å². The van der Waals surface area contributed by atoms with E-state index in [0.717, 1.165) is 52.5 Å². The topological polar surface area (TPSA) is 68.2 Å². The average Bonchev–Trinajstić information content (AvgIpc) is 3.40. The first-order valence-electron chi connectivity index (χ1n) is 10.1. The van der Waals surface area contributed by atoms with Crippen LogP contribution in [0.3, 0.4) is 0 Å². The van der Waals surface area contributed by atoms with Gasteiger partial charge in [0, 0.05) is 4.88 Å². The van der Waals surface area contributed by atoms with Crippen molar-refractivity contribution in [3.8, 4) is 0 Å². The molecule has 0 fully saturated rings. The number of ether oxygens (including phenoxy) is 1. The molecule has 0 aliphatic heterocycles. The first kappa shape index (κ1) is 23.0. The molecule has 6 nitrogen and oxygen atoms in total. The fraction of sp³-hybridized carbons (Fsp3) is 0.318. The maximum atomic E-state index is 12.4. The molecule has 3 aromatic rings. The Morgan fingerprint density at radius 3 is 2.75 bits per heavy atom. The zero-order valence-corrected chi connectivity index (χ0v) is 21.0. The molecule has 168 valence electrons. The molecule has 32 heavy (non-hydrogen) atoms. The van der Waals surface area contributed by atoms with E-state index >= 15 is 0 Å². The van der Waals surface area contributed by atoms with Crippen LogP contribution in [0.2, 0.25) is 10.0 Å². The number of esters is 1. The Morgan fingerprint density at radius 1 is 1.25 bits per heavy atom. The van der Waals surface area contributed by atoms with E-state index in [2.05, 4.69) is 15.7 Å². The Labute approximate surface area is 205 Å². The summed E-state index contributed by atoms with van der Waals surface area (Å²) in [6, 6.07) is 5.54. The summed E-state index contributed by atoms with van der Waals surface area (Å²) < 4.78 is 6.90. The molecule has 0 radical (unpaired) electrons. The number of nitrogens with one attached hydrogen (secondary N) is 2. The van der Waals surface area contributed by atoms with Crippen LogP contribution >= 0.6 is 46.8 Å². The monoisotopic (exact) mass is 508 g/mol. The van der Waals surface area contributed by atoms with Gasteiger partial charge in [-0.3, -0.25) is 4.68 Å². The number of aryl methyl sites for hydroxylation is 2. The number of fused-ring (bicyclic) bond motifs is 1. The van der Waals surface area contributed by atoms with Crippen LogP contribution in [0.5, 0.6) is 0 Å². The van der Waals surface area contributed by atoms with Crippen molar-refractivity contribution in [2.45, 2.75) is 39.7 Å². The highest BCUT2D eigenvalue weighted by Crippen LogP contribution is 2.39. The maximum absolute atomic E-state index is 12.4. The number of rotatable bonds is 5. The van der Waals surface area contributed by atoms with Gasteiger partial charge in [0.1, 0.15) is 5.00 Å². The normalized spacial score (nSPS) is 12.5. The fourth-order valence-electron chi connectivity index (χ4n) is 3.90. The van der Waals surface area contributed by atoms with Gasteiger partial charge in [0.2, 0.25) is 0 Å². The Morgan fingerprint density at radius 2 is 2.03 bits per heavy atom. The standard InChI is InChI=1S/C22H22Cl2N4O2S2/c1-11-19(12(2)28(27-11)10-13-7-8-15(23)16(24)9-13)25-22(31)26-20-18(21(29)30-3)14-5-4-6-17(14)32-20/h7-9H,4-6,10H2,1-3H3,(H2,25,26,31). The summed E-state index contributed by atoms with van der Waals surface area (Å²) in [5, 5.41) is 13.2. The molecule has 0 amide bonds. The highest BCUT2D eigenvalue weighted by Gasteiger charge is 2.27. The van der Waals surface area contributed by atoms with Crippen LogP contribution in [-0.2, 0) is 24.1 Å². The number of carbonyl (C=O) groups is 1. The van der Waals surface area contributed by atoms with Gasteiger partial charge in [-0.15, -0.1) is 11.3 Å². The van der Waals surface area contributed by atoms with Crippen LogP contribution in [0.15, 0.2) is 18.2 Å². The summed E-state index contributed by atoms with van der Waals surface area (Å²) in [5.41, 5.74) is 5.24. The Bertz CT molecular complexity index is 1220. The number of thiophene rings is 1. The lowest BCUT2D eigenvalue weighted by molar-refractivity contribution is 0.0601. The quantitative estimate of drug-likeness (QED) is 0.325. The van der Waals surface area contributed by atoms with Gasteiger partial charge in [-0.05, 0) is 68.6 Å². The van der Waals surface area contributed by atoms with E-state index in [1.165, 1.54) is 12.0 Å². The first-order valence-corrected chi connectivity index (χ1v) is 12.0. The van der Waals surface area contributed by atoms with E-state index in [0.29, 0.717) is 27.3 Å². The number of hydrogen-bond donors (Lipinski definition) is 2. The van der Waals surface area contributed by atoms with Crippen LogP contribution < -0.4 is 10.6 Å². The van der Waals surface area contributed by atoms with E-state index < -0.39 is 0 Å². The van der Waals surface area contributed by atoms with E-state index in [1.54, 1.807) is 17.4 Å². The second kappa shape index (κ2) is 9.39. The smallest absolute Gasteiger partial charge is 0.341 e. The highest BCUT2D eigenvalue weighted by atomic mass is 35.5. The van der Waals surface area contributed by atoms with Crippen molar-refractivity contribution in [2.24, 2.45) is 0 Å². The molecule has 2 heterocycles. The Hall–Kier alpha value is -2.13. The number of methoxy groups -OCH3 is 1. The van der Waals surface area contributed by atoms with Crippen LogP contribution in [-0.4, -0.2) is 28.0 Å². The minimum Gasteiger partial charge on any atom is -0.465 e. The van der Waals surface area contributed by atoms with Gasteiger partial charge in [0.05, 0.1) is 46.3 Å². The van der Waals surface area contributed by atoms with Gasteiger partial charge in [0.15, 0.2) is 5.11 Å². The van der Waals surface area contributed by atoms with Crippen molar-refractivity contribution >= 4 is 68.5 Å². The van der Waals surface area contributed by atoms with Crippen molar-refractivity contribution < 1.29 is 9.53 Å². The summed E-state index contributed by atoms with van der Waals surface area (Å²) in [4.78, 5) is 13.6. The second-order valence-electron chi connectivity index (χ2n) is 7.58. The van der Waals surface area contributed by atoms with Gasteiger partial charge in [-0.2, -0.15) is 5.10 Å². The summed E-state index contributed by atoms with van der Waals surface area (Å²) in [7, 11) is 1.40. The molecular weight excluding hydrogens is 487 g/mol. The van der Waals surface area contributed by atoms with Crippen molar-refractivity contribution in [1.29, 1.82) is 0 Å². The SMILES string of the molecule is COC(=O)c1c(NC(=S)Nc2c(C)nn(Cc3ccc(Cl)c(Cl)c3)c2C)sc2c1CCC2. The van der Waals surface area contributed by atoms with Crippen molar-refractivity contribution in [1.82, 2.24) is 9.78 Å². The predicted octanol–water partition coefficient (Wildman–Crippen LogP) is 6.00. The molecule has 1 aliphatic rings. The lowest BCUT2D eigenvalue weighted by atomic mass is 10.1. The molecule has 0 saturated carbocycles. The Balaban J connectivity index is 1.52. The number of benzene rings is 1. The number of nitrogens with zero attached hydrogens (tertiary/aromatic N) is 2. The molecule has 2 N–H and O–H groups in total. The fourth-order valence-corrected chi connectivity index (χ4v) is 5.77. The first-order chi connectivity index (χ1) is 15.3. The lowest BCUT2D eigenvalue weighted by Crippen LogP contribution is -2.21. The molecule has 0 atom stereocenters. The zero-order valence-electron chi connectivity index (χ0n) is 17.8. The molecule has 1 aliphatic carbocycles. The molecule has 4 rings (SSSR count). The largest absolute Gasteiger partial charge is 0.465 e. The number of carbonyl (C=O) groups excluding carboxylic acids is 1. The van der Waals surface area contributed by atoms with E-state index in [9.17, 15) is 4.79 Å². The third kappa shape index (κ3) is 4.50. The second-order valence-corrected chi connectivity index (χ2v) is 9.91. The third-order valence-corrected chi connectivity index (χ3v) is 7.62. The Kier molecular flexibility index (Phi) is 6.76. The van der Waals surface area contributed by atoms with Crippen LogP contribution in [0.25, 0.3) is 0 Å². The van der Waals surface area contributed by atoms with E-state index in [-0.39, 0.29) is 5.97 Å². The molecule has 2 aromatic heterocycles. The van der Waals surface area contributed by atoms with Gasteiger partial charge in [0.25, 0.3) is 0 Å². The van der Waals surface area contributed by atoms with Crippen molar-refractivity contribution in [3.05, 3.63) is 61.2 Å². The third-order valence-electron chi connectivity index (χ3n) is 5.47. The van der Waals surface area contributed by atoms with Crippen LogP contribution in [0.1, 0.15) is 44.2 Å². The number of thiocarbonyl (C=S) groups is 1. The molecule has 0 spiro atoms. The van der Waals surface area contributed by atoms with Gasteiger partial charge >= 0.3 is 5.97 Å². The number of aromatic nitrogens is 2. The highest BCUT2D eigenvalue weighted by molar-refractivity contribution is 7.80. The zero-order chi connectivity index (χ0) is 23.0. The van der Waals surface area contributed by atoms with Crippen LogP contribution in [0.4, 0.5) is 10.7 Å². The molecule has 0 unspecified atom stereocenters. The molecule has 10 heteroatoms. The average molecular weight is 509 g/mol. The molecule has 0 saturated heterocycles. The maximum Gasteiger partial charge on any atom is 0.341 e. The van der Waals surface area contributed by atoms with Crippen molar-refractivity contribution in [2.75, 3.05) is 17.7 Å². The number of hydrogen-bond acceptors (Lipinski definition) is 5. The number of halogens is 2. The predicted molar refractivity (Wildman–Crippen MR) is 135 cm³/mol. The summed E-state index contributed by atoms with van der Waals surface area (Å²) in [6.07, 6.45) is 2.92. The minimum absolute atomic E-state index is 0.337. The van der Waals surface area contributed by atoms with Crippen LogP contribution in [0, 0.1) is 13.8 Å². The molecule has 0 bridgehead atoms. The summed E-state index contributed by atoms with van der Waals surface area (Å²) in [5.74, 6) is -0.337. The molecular formula is C22H22Cl2N4O2S2. The molecule has 1 aromatic carbocycles. The summed E-state index contributed by atoms with van der Waals surface area (Å²) in [6.45, 7) is 4.44. The van der Waals surface area contributed by atoms with Gasteiger partial charge < -0.3 is 15.4 Å². The lowest BCUT2D eigenvalue weighted by Gasteiger charge is -2.12. The summed E-state index contributed by atoms with van der Waals surface area (Å²) >= 11 is 19.3.